The number of nitro benzene ring substituents is 1. The number of hydrogen-bond donors (Lipinski definition) is 1. The molecule has 2 rings (SSSR count). The highest BCUT2D eigenvalue weighted by molar-refractivity contribution is 7.98. The Morgan fingerprint density at radius 3 is 2.70 bits per heavy atom. The second kappa shape index (κ2) is 6.21. The van der Waals surface area contributed by atoms with Crippen LogP contribution in [0.2, 0.25) is 0 Å². The maximum Gasteiger partial charge on any atom is 0.311 e. The largest absolute Gasteiger partial charge is 0.502 e. The van der Waals surface area contributed by atoms with E-state index in [2.05, 4.69) is 4.99 Å². The first-order chi connectivity index (χ1) is 9.63. The lowest BCUT2D eigenvalue weighted by Gasteiger charge is -2.02. The maximum atomic E-state index is 10.7. The van der Waals surface area contributed by atoms with E-state index in [0.717, 1.165) is 10.6 Å². The molecule has 6 heteroatoms. The van der Waals surface area contributed by atoms with E-state index in [9.17, 15) is 15.2 Å². The number of aromatic hydroxyl groups is 1. The molecule has 0 aliphatic heterocycles. The highest BCUT2D eigenvalue weighted by atomic mass is 32.2. The Kier molecular flexibility index (Phi) is 4.37. The monoisotopic (exact) mass is 288 g/mol. The summed E-state index contributed by atoms with van der Waals surface area (Å²) in [4.78, 5) is 15.4. The third-order valence-corrected chi connectivity index (χ3v) is 3.46. The summed E-state index contributed by atoms with van der Waals surface area (Å²) in [5.41, 5.74) is 0.744. The van der Waals surface area contributed by atoms with Crippen LogP contribution in [0.25, 0.3) is 0 Å². The molecule has 0 atom stereocenters. The minimum atomic E-state index is -0.623. The van der Waals surface area contributed by atoms with E-state index in [-0.39, 0.29) is 11.4 Å². The number of benzene rings is 2. The normalized spacial score (nSPS) is 10.8. The highest BCUT2D eigenvalue weighted by Crippen LogP contribution is 2.30. The van der Waals surface area contributed by atoms with E-state index in [1.165, 1.54) is 18.3 Å². The molecule has 0 amide bonds. The summed E-state index contributed by atoms with van der Waals surface area (Å²) >= 11 is 1.56. The van der Waals surface area contributed by atoms with Gasteiger partial charge in [0, 0.05) is 22.7 Å². The molecule has 0 aliphatic carbocycles. The lowest BCUT2D eigenvalue weighted by Crippen LogP contribution is -1.91. The van der Waals surface area contributed by atoms with Gasteiger partial charge in [-0.15, -0.1) is 11.8 Å². The zero-order chi connectivity index (χ0) is 14.5. The number of nitro groups is 1. The van der Waals surface area contributed by atoms with Crippen molar-refractivity contribution in [1.82, 2.24) is 0 Å². The van der Waals surface area contributed by atoms with Crippen molar-refractivity contribution in [3.63, 3.8) is 0 Å². The molecule has 2 aromatic rings. The number of para-hydroxylation sites is 2. The van der Waals surface area contributed by atoms with Crippen molar-refractivity contribution < 1.29 is 10.0 Å². The molecule has 0 saturated heterocycles. The molecule has 0 fully saturated rings. The van der Waals surface area contributed by atoms with Crippen molar-refractivity contribution in [2.24, 2.45) is 4.99 Å². The third kappa shape index (κ3) is 2.97. The molecule has 5 nitrogen and oxygen atoms in total. The Hall–Kier alpha value is -2.34. The summed E-state index contributed by atoms with van der Waals surface area (Å²) in [5, 5.41) is 20.6. The second-order valence-electron chi connectivity index (χ2n) is 3.90. The van der Waals surface area contributed by atoms with E-state index in [1.807, 2.05) is 30.5 Å². The van der Waals surface area contributed by atoms with E-state index in [1.54, 1.807) is 17.8 Å². The number of aliphatic imine (C=N–C) groups is 1. The van der Waals surface area contributed by atoms with Gasteiger partial charge in [-0.1, -0.05) is 18.2 Å². The summed E-state index contributed by atoms with van der Waals surface area (Å²) in [6, 6.07) is 11.9. The number of nitrogens with zero attached hydrogens (tertiary/aromatic N) is 2. The van der Waals surface area contributed by atoms with Gasteiger partial charge < -0.3 is 5.11 Å². The second-order valence-corrected chi connectivity index (χ2v) is 4.75. The van der Waals surface area contributed by atoms with Crippen molar-refractivity contribution in [3.05, 3.63) is 58.1 Å². The van der Waals surface area contributed by atoms with Gasteiger partial charge in [-0.05, 0) is 24.5 Å². The van der Waals surface area contributed by atoms with Crippen LogP contribution in [-0.2, 0) is 0 Å². The fourth-order valence-electron chi connectivity index (χ4n) is 1.68. The number of rotatable bonds is 4. The molecule has 0 radical (unpaired) electrons. The fraction of sp³-hybridized carbons (Fsp3) is 0.0714. The molecule has 0 spiro atoms. The highest BCUT2D eigenvalue weighted by Gasteiger charge is 2.15. The van der Waals surface area contributed by atoms with Crippen LogP contribution in [-0.4, -0.2) is 22.5 Å². The molecule has 0 bridgehead atoms. The van der Waals surface area contributed by atoms with Crippen LogP contribution in [0.4, 0.5) is 11.4 Å². The Labute approximate surface area is 120 Å². The SMILES string of the molecule is CSc1ccccc1N=Cc1cccc([N+](=O)[O-])c1O. The van der Waals surface area contributed by atoms with Gasteiger partial charge in [0.1, 0.15) is 0 Å². The third-order valence-electron chi connectivity index (χ3n) is 2.67. The Balaban J connectivity index is 2.37. The van der Waals surface area contributed by atoms with Crippen LogP contribution in [0, 0.1) is 10.1 Å². The van der Waals surface area contributed by atoms with Crippen LogP contribution < -0.4 is 0 Å². The predicted molar refractivity (Wildman–Crippen MR) is 80.2 cm³/mol. The van der Waals surface area contributed by atoms with Crippen molar-refractivity contribution in [1.29, 1.82) is 0 Å². The first-order valence-electron chi connectivity index (χ1n) is 5.77. The van der Waals surface area contributed by atoms with Gasteiger partial charge in [0.25, 0.3) is 0 Å². The van der Waals surface area contributed by atoms with E-state index in [4.69, 9.17) is 0 Å². The van der Waals surface area contributed by atoms with Crippen molar-refractivity contribution in [2.45, 2.75) is 4.90 Å². The van der Waals surface area contributed by atoms with Gasteiger partial charge in [-0.25, -0.2) is 0 Å². The van der Waals surface area contributed by atoms with Gasteiger partial charge in [0.15, 0.2) is 0 Å². The van der Waals surface area contributed by atoms with Crippen LogP contribution >= 0.6 is 11.8 Å². The minimum Gasteiger partial charge on any atom is -0.502 e. The molecule has 102 valence electrons. The average Bonchev–Trinajstić information content (AvgIpc) is 2.46. The Morgan fingerprint density at radius 1 is 1.25 bits per heavy atom. The summed E-state index contributed by atoms with van der Waals surface area (Å²) in [6.45, 7) is 0. The maximum absolute atomic E-state index is 10.7. The molecule has 1 N–H and O–H groups in total. The lowest BCUT2D eigenvalue weighted by atomic mass is 10.2. The minimum absolute atomic E-state index is 0.315. The topological polar surface area (TPSA) is 75.7 Å². The molecular weight excluding hydrogens is 276 g/mol. The van der Waals surface area contributed by atoms with Crippen molar-refractivity contribution >= 4 is 29.4 Å². The van der Waals surface area contributed by atoms with E-state index < -0.39 is 4.92 Å². The standard InChI is InChI=1S/C14H12N2O3S/c1-20-13-8-3-2-6-11(13)15-9-10-5-4-7-12(14(10)17)16(18)19/h2-9,17H,1H3. The zero-order valence-electron chi connectivity index (χ0n) is 10.7. The quantitative estimate of drug-likeness (QED) is 0.402. The van der Waals surface area contributed by atoms with Crippen molar-refractivity contribution in [2.75, 3.05) is 6.26 Å². The Morgan fingerprint density at radius 2 is 2.00 bits per heavy atom. The molecule has 0 saturated carbocycles. The number of phenols is 1. The molecule has 0 unspecified atom stereocenters. The predicted octanol–water partition coefficient (Wildman–Crippen LogP) is 3.77. The number of phenolic OH excluding ortho intramolecular Hbond substituents is 1. The molecule has 2 aromatic carbocycles. The van der Waals surface area contributed by atoms with E-state index in [0.29, 0.717) is 5.56 Å². The van der Waals surface area contributed by atoms with E-state index >= 15 is 0 Å². The molecular formula is C14H12N2O3S. The lowest BCUT2D eigenvalue weighted by molar-refractivity contribution is -0.385. The Bertz CT molecular complexity index is 671. The summed E-state index contributed by atoms with van der Waals surface area (Å²) < 4.78 is 0. The summed E-state index contributed by atoms with van der Waals surface area (Å²) in [6.07, 6.45) is 3.37. The van der Waals surface area contributed by atoms with Gasteiger partial charge in [0.2, 0.25) is 5.75 Å². The van der Waals surface area contributed by atoms with Gasteiger partial charge in [-0.3, -0.25) is 15.1 Å². The average molecular weight is 288 g/mol. The first kappa shape index (κ1) is 14.1. The van der Waals surface area contributed by atoms with Crippen LogP contribution in [0.3, 0.4) is 0 Å². The van der Waals surface area contributed by atoms with Gasteiger partial charge in [-0.2, -0.15) is 0 Å². The van der Waals surface area contributed by atoms with Crippen molar-refractivity contribution in [3.8, 4) is 5.75 Å². The number of hydrogen-bond acceptors (Lipinski definition) is 5. The van der Waals surface area contributed by atoms with Crippen LogP contribution in [0.5, 0.6) is 5.75 Å². The van der Waals surface area contributed by atoms with Crippen LogP contribution in [0.1, 0.15) is 5.56 Å². The first-order valence-corrected chi connectivity index (χ1v) is 6.99. The molecule has 0 aromatic heterocycles. The van der Waals surface area contributed by atoms with Gasteiger partial charge >= 0.3 is 5.69 Å². The smallest absolute Gasteiger partial charge is 0.311 e. The molecule has 0 aliphatic rings. The fourth-order valence-corrected chi connectivity index (χ4v) is 2.22. The summed E-state index contributed by atoms with van der Waals surface area (Å²) in [5.74, 6) is -0.372. The summed E-state index contributed by atoms with van der Waals surface area (Å²) in [7, 11) is 0. The molecule has 0 heterocycles. The number of thioether (sulfide) groups is 1. The zero-order valence-corrected chi connectivity index (χ0v) is 11.5. The molecule has 20 heavy (non-hydrogen) atoms. The van der Waals surface area contributed by atoms with Gasteiger partial charge in [0.05, 0.1) is 10.6 Å². The van der Waals surface area contributed by atoms with Crippen LogP contribution in [0.15, 0.2) is 52.4 Å².